The summed E-state index contributed by atoms with van der Waals surface area (Å²) in [5.74, 6) is 0. The average molecular weight is 472 g/mol. The van der Waals surface area contributed by atoms with Crippen molar-refractivity contribution in [1.82, 2.24) is 9.47 Å². The monoisotopic (exact) mass is 471 g/mol. The third-order valence-corrected chi connectivity index (χ3v) is 5.92. The zero-order valence-corrected chi connectivity index (χ0v) is 20.0. The zero-order chi connectivity index (χ0) is 24.7. The van der Waals surface area contributed by atoms with Gasteiger partial charge in [-0.2, -0.15) is 13.2 Å². The molecule has 4 nitrogen and oxygen atoms in total. The number of para-hydroxylation sites is 1. The Kier molecular flexibility index (Phi) is 8.42. The molecule has 7 heteroatoms. The van der Waals surface area contributed by atoms with E-state index in [1.807, 2.05) is 54.9 Å². The minimum Gasteiger partial charge on any atom is -0.345 e. The van der Waals surface area contributed by atoms with Gasteiger partial charge in [0.15, 0.2) is 0 Å². The van der Waals surface area contributed by atoms with E-state index in [9.17, 15) is 18.0 Å². The molecule has 0 unspecified atom stereocenters. The molecular weight excluding hydrogens is 439 g/mol. The van der Waals surface area contributed by atoms with Crippen molar-refractivity contribution in [2.75, 3.05) is 11.9 Å². The average Bonchev–Trinajstić information content (AvgIpc) is 3.21. The van der Waals surface area contributed by atoms with Gasteiger partial charge in [0.2, 0.25) is 0 Å². The number of rotatable bonds is 9. The summed E-state index contributed by atoms with van der Waals surface area (Å²) in [7, 11) is 0. The summed E-state index contributed by atoms with van der Waals surface area (Å²) in [5, 5.41) is 3.06. The van der Waals surface area contributed by atoms with E-state index < -0.39 is 11.7 Å². The Morgan fingerprint density at radius 3 is 2.38 bits per heavy atom. The maximum absolute atomic E-state index is 13.2. The minimum atomic E-state index is -4.38. The molecule has 1 N–H and O–H groups in total. The highest BCUT2D eigenvalue weighted by Gasteiger charge is 2.30. The van der Waals surface area contributed by atoms with Crippen molar-refractivity contribution in [2.45, 2.75) is 59.3 Å². The van der Waals surface area contributed by atoms with Gasteiger partial charge in [0, 0.05) is 30.7 Å². The first-order valence-electron chi connectivity index (χ1n) is 11.6. The third-order valence-electron chi connectivity index (χ3n) is 5.92. The third kappa shape index (κ3) is 6.65. The van der Waals surface area contributed by atoms with Crippen LogP contribution in [0, 0.1) is 13.8 Å². The van der Waals surface area contributed by atoms with Gasteiger partial charge in [-0.25, -0.2) is 4.79 Å². The number of urea groups is 1. The van der Waals surface area contributed by atoms with Crippen molar-refractivity contribution >= 4 is 11.7 Å². The number of benzene rings is 2. The summed E-state index contributed by atoms with van der Waals surface area (Å²) in [6.07, 6.45) is 0.391. The number of alkyl halides is 3. The van der Waals surface area contributed by atoms with Crippen molar-refractivity contribution in [1.29, 1.82) is 0 Å². The molecule has 1 heterocycles. The first-order chi connectivity index (χ1) is 16.2. The van der Waals surface area contributed by atoms with Crippen LogP contribution in [-0.2, 0) is 19.3 Å². The molecule has 0 aliphatic rings. The van der Waals surface area contributed by atoms with Crippen LogP contribution in [0.4, 0.5) is 23.7 Å². The molecule has 0 aliphatic carbocycles. The number of amides is 2. The van der Waals surface area contributed by atoms with Gasteiger partial charge in [-0.15, -0.1) is 0 Å². The molecular formula is C27H32F3N3O. The second-order valence-corrected chi connectivity index (χ2v) is 8.65. The molecule has 3 rings (SSSR count). The highest BCUT2D eigenvalue weighted by atomic mass is 19.4. The van der Waals surface area contributed by atoms with E-state index >= 15 is 0 Å². The molecule has 0 atom stereocenters. The molecule has 182 valence electrons. The Morgan fingerprint density at radius 2 is 1.71 bits per heavy atom. The molecule has 3 aromatic rings. The van der Waals surface area contributed by atoms with E-state index in [-0.39, 0.29) is 6.03 Å². The zero-order valence-electron chi connectivity index (χ0n) is 20.0. The predicted octanol–water partition coefficient (Wildman–Crippen LogP) is 7.40. The topological polar surface area (TPSA) is 37.3 Å². The van der Waals surface area contributed by atoms with Crippen LogP contribution in [0.25, 0.3) is 0 Å². The van der Waals surface area contributed by atoms with Crippen LogP contribution in [0.5, 0.6) is 0 Å². The number of unbranched alkanes of at least 4 members (excludes halogenated alkanes) is 2. The van der Waals surface area contributed by atoms with Crippen LogP contribution in [0.2, 0.25) is 0 Å². The van der Waals surface area contributed by atoms with Gasteiger partial charge < -0.3 is 14.8 Å². The normalized spacial score (nSPS) is 11.5. The second-order valence-electron chi connectivity index (χ2n) is 8.65. The van der Waals surface area contributed by atoms with Crippen molar-refractivity contribution in [3.63, 3.8) is 0 Å². The van der Waals surface area contributed by atoms with Crippen LogP contribution in [-0.4, -0.2) is 22.0 Å². The number of hydrogen-bond donors (Lipinski definition) is 1. The first kappa shape index (κ1) is 25.4. The number of hydrogen-bond acceptors (Lipinski definition) is 1. The van der Waals surface area contributed by atoms with E-state index in [0.717, 1.165) is 47.8 Å². The number of carbonyl (C=O) groups is 1. The fourth-order valence-corrected chi connectivity index (χ4v) is 3.99. The van der Waals surface area contributed by atoms with Gasteiger partial charge in [0.1, 0.15) is 0 Å². The van der Waals surface area contributed by atoms with E-state index in [1.54, 1.807) is 11.0 Å². The van der Waals surface area contributed by atoms with Crippen molar-refractivity contribution < 1.29 is 18.0 Å². The predicted molar refractivity (Wildman–Crippen MR) is 130 cm³/mol. The standard InChI is InChI=1S/C27H32F3N3O/c1-4-5-6-15-33(26(34)31-25-20(2)10-7-11-21(25)3)19-24-14-9-16-32(24)18-22-12-8-13-23(17-22)27(28,29)30/h7-14,16-17H,4-6,15,18-19H2,1-3H3,(H,31,34). The van der Waals surface area contributed by atoms with Gasteiger partial charge >= 0.3 is 12.2 Å². The summed E-state index contributed by atoms with van der Waals surface area (Å²) in [6, 6.07) is 14.8. The Labute approximate surface area is 199 Å². The highest BCUT2D eigenvalue weighted by Crippen LogP contribution is 2.30. The lowest BCUT2D eigenvalue weighted by atomic mass is 10.1. The Hall–Kier alpha value is -3.22. The lowest BCUT2D eigenvalue weighted by molar-refractivity contribution is -0.137. The van der Waals surface area contributed by atoms with Crippen LogP contribution in [0.15, 0.2) is 60.8 Å². The Morgan fingerprint density at radius 1 is 1.00 bits per heavy atom. The Balaban J connectivity index is 1.79. The minimum absolute atomic E-state index is 0.180. The maximum atomic E-state index is 13.2. The smallest absolute Gasteiger partial charge is 0.345 e. The second kappa shape index (κ2) is 11.3. The molecule has 0 spiro atoms. The number of halogens is 3. The summed E-state index contributed by atoms with van der Waals surface area (Å²) in [6.45, 7) is 7.30. The highest BCUT2D eigenvalue weighted by molar-refractivity contribution is 5.91. The molecule has 2 amide bonds. The lowest BCUT2D eigenvalue weighted by Gasteiger charge is -2.25. The number of carbonyl (C=O) groups excluding carboxylic acids is 1. The van der Waals surface area contributed by atoms with Gasteiger partial charge in [-0.3, -0.25) is 0 Å². The molecule has 2 aromatic carbocycles. The summed E-state index contributed by atoms with van der Waals surface area (Å²) >= 11 is 0. The maximum Gasteiger partial charge on any atom is 0.416 e. The van der Waals surface area contributed by atoms with Crippen LogP contribution in [0.3, 0.4) is 0 Å². The fourth-order valence-electron chi connectivity index (χ4n) is 3.99. The lowest BCUT2D eigenvalue weighted by Crippen LogP contribution is -2.36. The number of nitrogens with zero attached hydrogens (tertiary/aromatic N) is 2. The van der Waals surface area contributed by atoms with E-state index in [4.69, 9.17) is 0 Å². The van der Waals surface area contributed by atoms with Crippen LogP contribution < -0.4 is 5.32 Å². The molecule has 0 saturated carbocycles. The van der Waals surface area contributed by atoms with Crippen molar-refractivity contribution in [3.8, 4) is 0 Å². The molecule has 0 fully saturated rings. The quantitative estimate of drug-likeness (QED) is 0.325. The molecule has 0 saturated heterocycles. The van der Waals surface area contributed by atoms with Crippen LogP contribution in [0.1, 0.15) is 54.1 Å². The Bertz CT molecular complexity index is 1080. The molecule has 1 aromatic heterocycles. The summed E-state index contributed by atoms with van der Waals surface area (Å²) in [5.41, 5.74) is 3.57. The van der Waals surface area contributed by atoms with E-state index in [1.165, 1.54) is 12.1 Å². The van der Waals surface area contributed by atoms with E-state index in [2.05, 4.69) is 12.2 Å². The van der Waals surface area contributed by atoms with Crippen molar-refractivity contribution in [2.24, 2.45) is 0 Å². The number of anilines is 1. The van der Waals surface area contributed by atoms with Gasteiger partial charge in [-0.05, 0) is 61.2 Å². The largest absolute Gasteiger partial charge is 0.416 e. The summed E-state index contributed by atoms with van der Waals surface area (Å²) in [4.78, 5) is 15.0. The summed E-state index contributed by atoms with van der Waals surface area (Å²) < 4.78 is 41.2. The molecule has 34 heavy (non-hydrogen) atoms. The molecule has 0 aliphatic heterocycles. The van der Waals surface area contributed by atoms with E-state index in [0.29, 0.717) is 25.2 Å². The molecule has 0 radical (unpaired) electrons. The fraction of sp³-hybridized carbons (Fsp3) is 0.370. The van der Waals surface area contributed by atoms with Gasteiger partial charge in [0.25, 0.3) is 0 Å². The molecule has 0 bridgehead atoms. The van der Waals surface area contributed by atoms with Crippen molar-refractivity contribution in [3.05, 3.63) is 88.7 Å². The number of nitrogens with one attached hydrogen (secondary N) is 1. The van der Waals surface area contributed by atoms with Crippen LogP contribution >= 0.6 is 0 Å². The van der Waals surface area contributed by atoms with Gasteiger partial charge in [-0.1, -0.05) is 50.1 Å². The SMILES string of the molecule is CCCCCN(Cc1cccn1Cc1cccc(C(F)(F)F)c1)C(=O)Nc1c(C)cccc1C. The number of aromatic nitrogens is 1. The first-order valence-corrected chi connectivity index (χ1v) is 11.6. The van der Waals surface area contributed by atoms with Gasteiger partial charge in [0.05, 0.1) is 12.1 Å². The number of aryl methyl sites for hydroxylation is 2.